The summed E-state index contributed by atoms with van der Waals surface area (Å²) in [5.74, 6) is 1.24. The highest BCUT2D eigenvalue weighted by atomic mass is 35.5. The van der Waals surface area contributed by atoms with Gasteiger partial charge in [0, 0.05) is 16.5 Å². The van der Waals surface area contributed by atoms with E-state index >= 15 is 0 Å². The van der Waals surface area contributed by atoms with Crippen LogP contribution in [0.3, 0.4) is 0 Å². The van der Waals surface area contributed by atoms with Gasteiger partial charge in [-0.15, -0.1) is 10.2 Å². The lowest BCUT2D eigenvalue weighted by Gasteiger charge is -2.10. The molecule has 0 saturated heterocycles. The third-order valence-corrected chi connectivity index (χ3v) is 3.63. The van der Waals surface area contributed by atoms with Gasteiger partial charge in [-0.25, -0.2) is 0 Å². The number of anilines is 2. The van der Waals surface area contributed by atoms with Crippen molar-refractivity contribution in [2.75, 3.05) is 12.4 Å². The molecule has 3 rings (SSSR count). The van der Waals surface area contributed by atoms with Crippen molar-refractivity contribution in [2.24, 2.45) is 0 Å². The Morgan fingerprint density at radius 3 is 2.48 bits per heavy atom. The van der Waals surface area contributed by atoms with E-state index in [0.717, 1.165) is 16.5 Å². The van der Waals surface area contributed by atoms with Crippen LogP contribution in [0.25, 0.3) is 10.8 Å². The monoisotopic (exact) mass is 319 g/mol. The van der Waals surface area contributed by atoms with E-state index in [-0.39, 0.29) is 0 Å². The molecule has 0 radical (unpaired) electrons. The summed E-state index contributed by atoms with van der Waals surface area (Å²) in [5, 5.41) is 13.9. The molecule has 106 valence electrons. The summed E-state index contributed by atoms with van der Waals surface area (Å²) in [5.41, 5.74) is 0.794. The van der Waals surface area contributed by atoms with Gasteiger partial charge in [0.2, 0.25) is 0 Å². The second-order valence-electron chi connectivity index (χ2n) is 4.36. The smallest absolute Gasteiger partial charge is 0.161 e. The second kappa shape index (κ2) is 5.76. The first-order valence-electron chi connectivity index (χ1n) is 6.20. The maximum atomic E-state index is 6.12. The standard InChI is InChI=1S/C15H11Cl2N3O/c1-21-13-7-6-9(8-12(13)16)18-15-11-5-3-2-4-10(11)14(17)19-20-15/h2-8H,1H3,(H,18,20). The van der Waals surface area contributed by atoms with Gasteiger partial charge in [0.25, 0.3) is 0 Å². The molecule has 1 N–H and O–H groups in total. The fourth-order valence-corrected chi connectivity index (χ4v) is 2.50. The number of benzene rings is 2. The number of rotatable bonds is 3. The maximum absolute atomic E-state index is 6.12. The fourth-order valence-electron chi connectivity index (χ4n) is 2.04. The maximum Gasteiger partial charge on any atom is 0.161 e. The number of halogens is 2. The Balaban J connectivity index is 2.02. The van der Waals surface area contributed by atoms with Crippen molar-refractivity contribution in [2.45, 2.75) is 0 Å². The molecule has 1 aromatic heterocycles. The first-order chi connectivity index (χ1) is 10.2. The van der Waals surface area contributed by atoms with Crippen LogP contribution in [0.2, 0.25) is 10.2 Å². The predicted octanol–water partition coefficient (Wildman–Crippen LogP) is 4.69. The Kier molecular flexibility index (Phi) is 3.82. The number of nitrogens with zero attached hydrogens (tertiary/aromatic N) is 2. The Morgan fingerprint density at radius 2 is 1.76 bits per heavy atom. The third kappa shape index (κ3) is 2.73. The minimum absolute atomic E-state index is 0.379. The lowest BCUT2D eigenvalue weighted by Crippen LogP contribution is -1.98. The fraction of sp³-hybridized carbons (Fsp3) is 0.0667. The van der Waals surface area contributed by atoms with Gasteiger partial charge in [0.1, 0.15) is 5.75 Å². The molecule has 0 aliphatic rings. The van der Waals surface area contributed by atoms with E-state index in [4.69, 9.17) is 27.9 Å². The first kappa shape index (κ1) is 13.9. The molecule has 3 aromatic rings. The Morgan fingerprint density at radius 1 is 1.00 bits per heavy atom. The van der Waals surface area contributed by atoms with E-state index in [1.54, 1.807) is 19.2 Å². The normalized spacial score (nSPS) is 10.6. The zero-order valence-corrected chi connectivity index (χ0v) is 12.6. The molecule has 6 heteroatoms. The number of aromatic nitrogens is 2. The third-order valence-electron chi connectivity index (χ3n) is 3.06. The van der Waals surface area contributed by atoms with Crippen molar-refractivity contribution in [1.29, 1.82) is 0 Å². The molecule has 4 nitrogen and oxygen atoms in total. The minimum atomic E-state index is 0.379. The molecular weight excluding hydrogens is 309 g/mol. The van der Waals surface area contributed by atoms with E-state index in [2.05, 4.69) is 15.5 Å². The van der Waals surface area contributed by atoms with Gasteiger partial charge >= 0.3 is 0 Å². The quantitative estimate of drug-likeness (QED) is 0.760. The number of nitrogens with one attached hydrogen (secondary N) is 1. The summed E-state index contributed by atoms with van der Waals surface area (Å²) in [4.78, 5) is 0. The molecule has 0 bridgehead atoms. The van der Waals surface area contributed by atoms with Crippen LogP contribution in [0.4, 0.5) is 11.5 Å². The number of fused-ring (bicyclic) bond motifs is 1. The molecule has 0 spiro atoms. The zero-order valence-electron chi connectivity index (χ0n) is 11.1. The van der Waals surface area contributed by atoms with Gasteiger partial charge in [0.05, 0.1) is 12.1 Å². The average Bonchev–Trinajstić information content (AvgIpc) is 2.51. The highest BCUT2D eigenvalue weighted by Crippen LogP contribution is 2.31. The van der Waals surface area contributed by atoms with Crippen molar-refractivity contribution >= 4 is 45.5 Å². The zero-order chi connectivity index (χ0) is 14.8. The highest BCUT2D eigenvalue weighted by Gasteiger charge is 2.08. The van der Waals surface area contributed by atoms with Crippen LogP contribution in [-0.4, -0.2) is 17.3 Å². The highest BCUT2D eigenvalue weighted by molar-refractivity contribution is 6.34. The van der Waals surface area contributed by atoms with E-state index in [0.29, 0.717) is 21.7 Å². The van der Waals surface area contributed by atoms with Gasteiger partial charge in [-0.3, -0.25) is 0 Å². The molecule has 0 saturated carbocycles. The number of ether oxygens (including phenoxy) is 1. The van der Waals surface area contributed by atoms with Crippen LogP contribution in [0.1, 0.15) is 0 Å². The van der Waals surface area contributed by atoms with E-state index in [1.807, 2.05) is 30.3 Å². The lowest BCUT2D eigenvalue weighted by molar-refractivity contribution is 0.415. The van der Waals surface area contributed by atoms with Crippen molar-refractivity contribution in [1.82, 2.24) is 10.2 Å². The van der Waals surface area contributed by atoms with Crippen molar-refractivity contribution in [3.8, 4) is 5.75 Å². The van der Waals surface area contributed by atoms with Crippen LogP contribution in [-0.2, 0) is 0 Å². The topological polar surface area (TPSA) is 47.0 Å². The first-order valence-corrected chi connectivity index (χ1v) is 6.96. The largest absolute Gasteiger partial charge is 0.495 e. The minimum Gasteiger partial charge on any atom is -0.495 e. The van der Waals surface area contributed by atoms with Crippen LogP contribution in [0.15, 0.2) is 42.5 Å². The van der Waals surface area contributed by atoms with Crippen LogP contribution >= 0.6 is 23.2 Å². The van der Waals surface area contributed by atoms with Crippen LogP contribution in [0.5, 0.6) is 5.75 Å². The Labute approximate surface area is 131 Å². The molecule has 2 aromatic carbocycles. The average molecular weight is 320 g/mol. The van der Waals surface area contributed by atoms with Crippen molar-refractivity contribution in [3.63, 3.8) is 0 Å². The van der Waals surface area contributed by atoms with E-state index in [9.17, 15) is 0 Å². The van der Waals surface area contributed by atoms with E-state index < -0.39 is 0 Å². The number of hydrogen-bond acceptors (Lipinski definition) is 4. The SMILES string of the molecule is COc1ccc(Nc2nnc(Cl)c3ccccc23)cc1Cl. The second-order valence-corrected chi connectivity index (χ2v) is 5.12. The summed E-state index contributed by atoms with van der Waals surface area (Å²) in [6.07, 6.45) is 0. The molecule has 21 heavy (non-hydrogen) atoms. The predicted molar refractivity (Wildman–Crippen MR) is 85.8 cm³/mol. The van der Waals surface area contributed by atoms with Gasteiger partial charge in [-0.1, -0.05) is 47.5 Å². The van der Waals surface area contributed by atoms with Crippen LogP contribution in [0, 0.1) is 0 Å². The van der Waals surface area contributed by atoms with Gasteiger partial charge < -0.3 is 10.1 Å². The molecule has 0 amide bonds. The Hall–Kier alpha value is -2.04. The number of methoxy groups -OCH3 is 1. The molecule has 1 heterocycles. The summed E-state index contributed by atoms with van der Waals surface area (Å²) >= 11 is 12.2. The van der Waals surface area contributed by atoms with Crippen molar-refractivity contribution < 1.29 is 4.74 Å². The van der Waals surface area contributed by atoms with Gasteiger partial charge in [0.15, 0.2) is 11.0 Å². The van der Waals surface area contributed by atoms with Gasteiger partial charge in [-0.05, 0) is 18.2 Å². The van der Waals surface area contributed by atoms with Crippen LogP contribution < -0.4 is 10.1 Å². The molecule has 0 aliphatic carbocycles. The molecule has 0 fully saturated rings. The summed E-state index contributed by atoms with van der Waals surface area (Å²) < 4.78 is 5.13. The van der Waals surface area contributed by atoms with Crippen molar-refractivity contribution in [3.05, 3.63) is 52.6 Å². The molecular formula is C15H11Cl2N3O. The summed E-state index contributed by atoms with van der Waals surface area (Å²) in [6.45, 7) is 0. The Bertz CT molecular complexity index is 808. The molecule has 0 aliphatic heterocycles. The van der Waals surface area contributed by atoms with E-state index in [1.165, 1.54) is 0 Å². The molecule has 0 atom stereocenters. The summed E-state index contributed by atoms with van der Waals surface area (Å²) in [7, 11) is 1.58. The summed E-state index contributed by atoms with van der Waals surface area (Å²) in [6, 6.07) is 13.1. The molecule has 0 unspecified atom stereocenters. The van der Waals surface area contributed by atoms with Gasteiger partial charge in [-0.2, -0.15) is 0 Å². The number of hydrogen-bond donors (Lipinski definition) is 1. The lowest BCUT2D eigenvalue weighted by atomic mass is 10.2.